The van der Waals surface area contributed by atoms with Gasteiger partial charge in [0.1, 0.15) is 0 Å². The minimum Gasteiger partial charge on any atom is -0.379 e. The zero-order chi connectivity index (χ0) is 15.1. The van der Waals surface area contributed by atoms with Crippen LogP contribution in [0.5, 0.6) is 0 Å². The number of amides is 2. The maximum atomic E-state index is 13.6. The number of urea groups is 1. The van der Waals surface area contributed by atoms with Gasteiger partial charge in [-0.3, -0.25) is 4.90 Å². The molecule has 0 atom stereocenters. The molecule has 0 spiro atoms. The van der Waals surface area contributed by atoms with Crippen LogP contribution < -0.4 is 10.6 Å². The Morgan fingerprint density at radius 3 is 2.90 bits per heavy atom. The molecule has 0 aliphatic carbocycles. The van der Waals surface area contributed by atoms with Crippen LogP contribution in [0.1, 0.15) is 6.42 Å². The topological polar surface area (TPSA) is 53.6 Å². The quantitative estimate of drug-likeness (QED) is 0.820. The van der Waals surface area contributed by atoms with Crippen LogP contribution in [0.4, 0.5) is 14.9 Å². The van der Waals surface area contributed by atoms with Gasteiger partial charge in [0.05, 0.1) is 23.9 Å². The molecule has 1 aliphatic rings. The molecule has 1 fully saturated rings. The number of rotatable bonds is 5. The van der Waals surface area contributed by atoms with E-state index in [-0.39, 0.29) is 10.7 Å². The summed E-state index contributed by atoms with van der Waals surface area (Å²) in [7, 11) is 0. The molecule has 2 amide bonds. The summed E-state index contributed by atoms with van der Waals surface area (Å²) in [4.78, 5) is 14.0. The fourth-order valence-corrected chi connectivity index (χ4v) is 2.27. The minimum absolute atomic E-state index is 0.0138. The first-order chi connectivity index (χ1) is 10.2. The van der Waals surface area contributed by atoms with E-state index in [1.54, 1.807) is 6.07 Å². The van der Waals surface area contributed by atoms with Crippen molar-refractivity contribution >= 4 is 23.3 Å². The van der Waals surface area contributed by atoms with Crippen LogP contribution >= 0.6 is 11.6 Å². The number of benzene rings is 1. The number of ether oxygens (including phenoxy) is 1. The van der Waals surface area contributed by atoms with Crippen molar-refractivity contribution in [2.24, 2.45) is 0 Å². The summed E-state index contributed by atoms with van der Waals surface area (Å²) in [6.45, 7) is 4.84. The molecule has 2 N–H and O–H groups in total. The number of carbonyl (C=O) groups excluding carboxylic acids is 1. The standard InChI is InChI=1S/C14H19ClFN3O2/c15-11-3-1-4-12(13(11)16)18-14(20)17-5-2-6-19-7-9-21-10-8-19/h1,3-4H,2,5-10H2,(H2,17,18,20). The second kappa shape index (κ2) is 8.17. The van der Waals surface area contributed by atoms with Gasteiger partial charge in [0.25, 0.3) is 0 Å². The Morgan fingerprint density at radius 2 is 2.14 bits per heavy atom. The molecule has 5 nitrogen and oxygen atoms in total. The Hall–Kier alpha value is -1.37. The third kappa shape index (κ3) is 5.15. The Morgan fingerprint density at radius 1 is 1.38 bits per heavy atom. The zero-order valence-corrected chi connectivity index (χ0v) is 12.5. The van der Waals surface area contributed by atoms with E-state index < -0.39 is 11.8 Å². The van der Waals surface area contributed by atoms with Crippen LogP contribution in [0.15, 0.2) is 18.2 Å². The highest BCUT2D eigenvalue weighted by molar-refractivity contribution is 6.31. The van der Waals surface area contributed by atoms with Crippen molar-refractivity contribution in [3.63, 3.8) is 0 Å². The first-order valence-electron chi connectivity index (χ1n) is 6.96. The van der Waals surface area contributed by atoms with Gasteiger partial charge in [-0.2, -0.15) is 0 Å². The van der Waals surface area contributed by atoms with Crippen molar-refractivity contribution in [1.82, 2.24) is 10.2 Å². The van der Waals surface area contributed by atoms with Crippen molar-refractivity contribution in [3.8, 4) is 0 Å². The van der Waals surface area contributed by atoms with Crippen LogP contribution in [0, 0.1) is 5.82 Å². The summed E-state index contributed by atoms with van der Waals surface area (Å²) >= 11 is 5.65. The Labute approximate surface area is 128 Å². The molecule has 116 valence electrons. The van der Waals surface area contributed by atoms with Crippen molar-refractivity contribution < 1.29 is 13.9 Å². The number of nitrogens with one attached hydrogen (secondary N) is 2. The van der Waals surface area contributed by atoms with Gasteiger partial charge in [0, 0.05) is 19.6 Å². The number of halogens is 2. The largest absolute Gasteiger partial charge is 0.379 e. The predicted octanol–water partition coefficient (Wildman–Crippen LogP) is 2.32. The molecule has 1 saturated heterocycles. The third-order valence-electron chi connectivity index (χ3n) is 3.24. The number of anilines is 1. The number of nitrogens with zero attached hydrogens (tertiary/aromatic N) is 1. The van der Waals surface area contributed by atoms with Gasteiger partial charge in [-0.1, -0.05) is 17.7 Å². The number of hydrogen-bond donors (Lipinski definition) is 2. The first-order valence-corrected chi connectivity index (χ1v) is 7.33. The van der Waals surface area contributed by atoms with E-state index in [1.807, 2.05) is 0 Å². The van der Waals surface area contributed by atoms with Crippen LogP contribution in [0.2, 0.25) is 5.02 Å². The van der Waals surface area contributed by atoms with E-state index in [2.05, 4.69) is 15.5 Å². The SMILES string of the molecule is O=C(NCCCN1CCOCC1)Nc1cccc(Cl)c1F. The highest BCUT2D eigenvalue weighted by atomic mass is 35.5. The lowest BCUT2D eigenvalue weighted by Gasteiger charge is -2.26. The minimum atomic E-state index is -0.623. The van der Waals surface area contributed by atoms with Gasteiger partial charge in [-0.25, -0.2) is 9.18 Å². The summed E-state index contributed by atoms with van der Waals surface area (Å²) < 4.78 is 18.9. The van der Waals surface area contributed by atoms with Crippen molar-refractivity contribution in [2.75, 3.05) is 44.7 Å². The molecule has 0 radical (unpaired) electrons. The second-order valence-electron chi connectivity index (χ2n) is 4.79. The lowest BCUT2D eigenvalue weighted by Crippen LogP contribution is -2.38. The lowest BCUT2D eigenvalue weighted by atomic mass is 10.3. The maximum Gasteiger partial charge on any atom is 0.319 e. The number of carbonyl (C=O) groups is 1. The number of hydrogen-bond acceptors (Lipinski definition) is 3. The smallest absolute Gasteiger partial charge is 0.319 e. The monoisotopic (exact) mass is 315 g/mol. The van der Waals surface area contributed by atoms with Crippen LogP contribution in [0.25, 0.3) is 0 Å². The van der Waals surface area contributed by atoms with Gasteiger partial charge >= 0.3 is 6.03 Å². The third-order valence-corrected chi connectivity index (χ3v) is 3.53. The highest BCUT2D eigenvalue weighted by Gasteiger charge is 2.11. The summed E-state index contributed by atoms with van der Waals surface area (Å²) in [5, 5.41) is 5.13. The van der Waals surface area contributed by atoms with E-state index >= 15 is 0 Å². The van der Waals surface area contributed by atoms with Crippen molar-refractivity contribution in [1.29, 1.82) is 0 Å². The Kier molecular flexibility index (Phi) is 6.22. The average Bonchev–Trinajstić information content (AvgIpc) is 2.49. The van der Waals surface area contributed by atoms with Crippen LogP contribution in [-0.4, -0.2) is 50.3 Å². The predicted molar refractivity (Wildman–Crippen MR) is 80.3 cm³/mol. The average molecular weight is 316 g/mol. The van der Waals surface area contributed by atoms with E-state index in [0.29, 0.717) is 6.54 Å². The van der Waals surface area contributed by atoms with E-state index in [4.69, 9.17) is 16.3 Å². The molecule has 1 heterocycles. The summed E-state index contributed by atoms with van der Waals surface area (Å²) in [6.07, 6.45) is 0.839. The molecular formula is C14H19ClFN3O2. The molecule has 21 heavy (non-hydrogen) atoms. The second-order valence-corrected chi connectivity index (χ2v) is 5.20. The fraction of sp³-hybridized carbons (Fsp3) is 0.500. The van der Waals surface area contributed by atoms with Gasteiger partial charge in [0.2, 0.25) is 0 Å². The van der Waals surface area contributed by atoms with Gasteiger partial charge in [-0.15, -0.1) is 0 Å². The van der Waals surface area contributed by atoms with Crippen molar-refractivity contribution in [3.05, 3.63) is 29.0 Å². The molecule has 0 aromatic heterocycles. The van der Waals surface area contributed by atoms with Gasteiger partial charge < -0.3 is 15.4 Å². The maximum absolute atomic E-state index is 13.6. The first kappa shape index (κ1) is 16.0. The van der Waals surface area contributed by atoms with E-state index in [0.717, 1.165) is 39.3 Å². The fourth-order valence-electron chi connectivity index (χ4n) is 2.10. The Bertz CT molecular complexity index is 481. The molecule has 1 aromatic carbocycles. The molecule has 7 heteroatoms. The van der Waals surface area contributed by atoms with Gasteiger partial charge in [-0.05, 0) is 25.1 Å². The lowest BCUT2D eigenvalue weighted by molar-refractivity contribution is 0.0375. The zero-order valence-electron chi connectivity index (χ0n) is 11.7. The summed E-state index contributed by atoms with van der Waals surface area (Å²) in [6, 6.07) is 4.05. The van der Waals surface area contributed by atoms with Gasteiger partial charge in [0.15, 0.2) is 5.82 Å². The molecule has 1 aromatic rings. The highest BCUT2D eigenvalue weighted by Crippen LogP contribution is 2.21. The molecule has 0 unspecified atom stereocenters. The summed E-state index contributed by atoms with van der Waals surface area (Å²) in [5.41, 5.74) is 0.0770. The molecule has 0 saturated carbocycles. The van der Waals surface area contributed by atoms with E-state index in [9.17, 15) is 9.18 Å². The molecule has 1 aliphatic heterocycles. The Balaban J connectivity index is 1.66. The normalized spacial score (nSPS) is 15.7. The molecule has 2 rings (SSSR count). The van der Waals surface area contributed by atoms with E-state index in [1.165, 1.54) is 12.1 Å². The van der Waals surface area contributed by atoms with Crippen molar-refractivity contribution in [2.45, 2.75) is 6.42 Å². The van der Waals surface area contributed by atoms with Crippen LogP contribution in [0.3, 0.4) is 0 Å². The molecule has 0 bridgehead atoms. The molecular weight excluding hydrogens is 297 g/mol. The number of morpholine rings is 1. The summed E-state index contributed by atoms with van der Waals surface area (Å²) in [5.74, 6) is -0.623. The van der Waals surface area contributed by atoms with Crippen LogP contribution in [-0.2, 0) is 4.74 Å².